The van der Waals surface area contributed by atoms with Gasteiger partial charge in [-0.25, -0.2) is 4.98 Å². The van der Waals surface area contributed by atoms with Crippen molar-refractivity contribution in [2.45, 2.75) is 26.3 Å². The van der Waals surface area contributed by atoms with Crippen molar-refractivity contribution in [2.75, 3.05) is 5.75 Å². The first-order chi connectivity index (χ1) is 7.08. The number of halogens is 1. The molecule has 2 rings (SSSR count). The number of hydrogen-bond donors (Lipinski definition) is 1. The summed E-state index contributed by atoms with van der Waals surface area (Å²) in [4.78, 5) is 16.0. The van der Waals surface area contributed by atoms with E-state index in [0.717, 1.165) is 31.0 Å². The summed E-state index contributed by atoms with van der Waals surface area (Å²) in [6, 6.07) is 0. The molecule has 0 aromatic carbocycles. The van der Waals surface area contributed by atoms with Crippen molar-refractivity contribution in [1.29, 1.82) is 0 Å². The van der Waals surface area contributed by atoms with E-state index in [4.69, 9.17) is 0 Å². The quantitative estimate of drug-likeness (QED) is 0.864. The lowest BCUT2D eigenvalue weighted by molar-refractivity contribution is 0.449. The summed E-state index contributed by atoms with van der Waals surface area (Å²) < 4.78 is 2.27. The highest BCUT2D eigenvalue weighted by atomic mass is 79.9. The van der Waals surface area contributed by atoms with E-state index < -0.39 is 0 Å². The molecular weight excluding hydrogens is 276 g/mol. The van der Waals surface area contributed by atoms with Crippen molar-refractivity contribution in [2.24, 2.45) is 5.41 Å². The van der Waals surface area contributed by atoms with Crippen LogP contribution in [0.15, 0.2) is 15.5 Å². The highest BCUT2D eigenvalue weighted by Gasteiger charge is 2.42. The maximum absolute atomic E-state index is 11.9. The van der Waals surface area contributed by atoms with Gasteiger partial charge in [-0.15, -0.1) is 0 Å². The molecule has 1 aromatic heterocycles. The van der Waals surface area contributed by atoms with Gasteiger partial charge in [0.1, 0.15) is 10.3 Å². The Morgan fingerprint density at radius 1 is 1.67 bits per heavy atom. The summed E-state index contributed by atoms with van der Waals surface area (Å²) in [7, 11) is 0. The molecule has 5 heteroatoms. The molecule has 0 amide bonds. The summed E-state index contributed by atoms with van der Waals surface area (Å²) >= 11 is 7.56. The summed E-state index contributed by atoms with van der Waals surface area (Å²) in [5, 5.41) is 0. The Labute approximate surface area is 102 Å². The molecule has 0 atom stereocenters. The summed E-state index contributed by atoms with van der Waals surface area (Å²) in [6.07, 6.45) is 3.89. The number of thiol groups is 1. The second-order valence-corrected chi connectivity index (χ2v) is 5.37. The fourth-order valence-electron chi connectivity index (χ4n) is 1.62. The van der Waals surface area contributed by atoms with Crippen LogP contribution in [-0.2, 0) is 6.54 Å². The van der Waals surface area contributed by atoms with Gasteiger partial charge in [-0.1, -0.05) is 0 Å². The van der Waals surface area contributed by atoms with Gasteiger partial charge in [0.25, 0.3) is 5.56 Å². The third kappa shape index (κ3) is 2.13. The minimum atomic E-state index is 0.00978. The van der Waals surface area contributed by atoms with Gasteiger partial charge in [-0.3, -0.25) is 9.36 Å². The Morgan fingerprint density at radius 3 is 2.87 bits per heavy atom. The number of nitrogens with zero attached hydrogens (tertiary/aromatic N) is 2. The van der Waals surface area contributed by atoms with Gasteiger partial charge < -0.3 is 0 Å². The van der Waals surface area contributed by atoms with Crippen LogP contribution in [0.2, 0.25) is 0 Å². The van der Waals surface area contributed by atoms with E-state index in [-0.39, 0.29) is 11.0 Å². The lowest BCUT2D eigenvalue weighted by Gasteiger charge is -2.15. The SMILES string of the molecule is Cc1ncc(Br)c(=O)n1CC1(CS)CC1. The Morgan fingerprint density at radius 2 is 2.33 bits per heavy atom. The van der Waals surface area contributed by atoms with Crippen molar-refractivity contribution in [1.82, 2.24) is 9.55 Å². The monoisotopic (exact) mass is 288 g/mol. The van der Waals surface area contributed by atoms with Crippen LogP contribution in [0, 0.1) is 12.3 Å². The molecule has 0 spiro atoms. The van der Waals surface area contributed by atoms with Gasteiger partial charge in [-0.2, -0.15) is 12.6 Å². The molecule has 1 saturated carbocycles. The minimum Gasteiger partial charge on any atom is -0.295 e. The molecule has 82 valence electrons. The number of rotatable bonds is 3. The third-order valence-corrected chi connectivity index (χ3v) is 4.21. The first-order valence-corrected chi connectivity index (χ1v) is 6.33. The average Bonchev–Trinajstić information content (AvgIpc) is 3.00. The molecule has 1 fully saturated rings. The van der Waals surface area contributed by atoms with E-state index >= 15 is 0 Å². The Hall–Kier alpha value is -0.290. The van der Waals surface area contributed by atoms with Gasteiger partial charge >= 0.3 is 0 Å². The molecule has 15 heavy (non-hydrogen) atoms. The van der Waals surface area contributed by atoms with Crippen LogP contribution in [-0.4, -0.2) is 15.3 Å². The molecule has 1 aromatic rings. The fourth-order valence-corrected chi connectivity index (χ4v) is 2.35. The largest absolute Gasteiger partial charge is 0.295 e. The van der Waals surface area contributed by atoms with Crippen LogP contribution in [0.5, 0.6) is 0 Å². The van der Waals surface area contributed by atoms with Crippen molar-refractivity contribution in [3.8, 4) is 0 Å². The minimum absolute atomic E-state index is 0.00978. The number of aromatic nitrogens is 2. The second kappa shape index (κ2) is 3.94. The lowest BCUT2D eigenvalue weighted by atomic mass is 10.1. The average molecular weight is 289 g/mol. The molecular formula is C10H13BrN2OS. The fraction of sp³-hybridized carbons (Fsp3) is 0.600. The van der Waals surface area contributed by atoms with E-state index in [2.05, 4.69) is 33.5 Å². The van der Waals surface area contributed by atoms with Crippen LogP contribution >= 0.6 is 28.6 Å². The molecule has 0 saturated heterocycles. The summed E-state index contributed by atoms with van der Waals surface area (Å²) in [5.74, 6) is 1.61. The first kappa shape index (κ1) is 11.2. The molecule has 1 aliphatic carbocycles. The van der Waals surface area contributed by atoms with E-state index in [1.54, 1.807) is 10.8 Å². The number of aryl methyl sites for hydroxylation is 1. The molecule has 0 radical (unpaired) electrons. The van der Waals surface area contributed by atoms with E-state index in [1.807, 2.05) is 6.92 Å². The maximum atomic E-state index is 11.9. The lowest BCUT2D eigenvalue weighted by Crippen LogP contribution is -2.28. The third-order valence-electron chi connectivity index (χ3n) is 2.99. The summed E-state index contributed by atoms with van der Waals surface area (Å²) in [5.41, 5.74) is 0.246. The van der Waals surface area contributed by atoms with Crippen LogP contribution in [0.25, 0.3) is 0 Å². The molecule has 1 heterocycles. The van der Waals surface area contributed by atoms with Crippen LogP contribution < -0.4 is 5.56 Å². The zero-order chi connectivity index (χ0) is 11.1. The van der Waals surface area contributed by atoms with E-state index in [1.165, 1.54) is 0 Å². The predicted octanol–water partition coefficient (Wildman–Crippen LogP) is 2.02. The zero-order valence-electron chi connectivity index (χ0n) is 8.53. The highest BCUT2D eigenvalue weighted by molar-refractivity contribution is 9.10. The van der Waals surface area contributed by atoms with Crippen molar-refractivity contribution >= 4 is 28.6 Å². The summed E-state index contributed by atoms with van der Waals surface area (Å²) in [6.45, 7) is 2.61. The van der Waals surface area contributed by atoms with Gasteiger partial charge in [0.05, 0.1) is 0 Å². The molecule has 0 N–H and O–H groups in total. The Bertz CT molecular complexity index is 440. The Balaban J connectivity index is 2.36. The standard InChI is InChI=1S/C10H13BrN2OS/c1-7-12-4-8(11)9(14)13(7)5-10(6-15)2-3-10/h4,15H,2-3,5-6H2,1H3. The van der Waals surface area contributed by atoms with Gasteiger partial charge in [0.2, 0.25) is 0 Å². The van der Waals surface area contributed by atoms with Crippen molar-refractivity contribution in [3.63, 3.8) is 0 Å². The maximum Gasteiger partial charge on any atom is 0.267 e. The van der Waals surface area contributed by atoms with Crippen molar-refractivity contribution < 1.29 is 0 Å². The van der Waals surface area contributed by atoms with Gasteiger partial charge in [0.15, 0.2) is 0 Å². The zero-order valence-corrected chi connectivity index (χ0v) is 11.0. The molecule has 1 aliphatic rings. The molecule has 3 nitrogen and oxygen atoms in total. The molecule has 0 aliphatic heterocycles. The van der Waals surface area contributed by atoms with Crippen LogP contribution in [0.1, 0.15) is 18.7 Å². The normalized spacial score (nSPS) is 17.8. The number of hydrogen-bond acceptors (Lipinski definition) is 3. The van der Waals surface area contributed by atoms with Crippen LogP contribution in [0.4, 0.5) is 0 Å². The van der Waals surface area contributed by atoms with Gasteiger partial charge in [-0.05, 0) is 46.9 Å². The van der Waals surface area contributed by atoms with Crippen molar-refractivity contribution in [3.05, 3.63) is 26.8 Å². The Kier molecular flexibility index (Phi) is 2.94. The smallest absolute Gasteiger partial charge is 0.267 e. The van der Waals surface area contributed by atoms with E-state index in [9.17, 15) is 4.79 Å². The first-order valence-electron chi connectivity index (χ1n) is 4.91. The highest BCUT2D eigenvalue weighted by Crippen LogP contribution is 2.47. The molecule has 0 bridgehead atoms. The predicted molar refractivity (Wildman–Crippen MR) is 66.5 cm³/mol. The van der Waals surface area contributed by atoms with E-state index in [0.29, 0.717) is 4.47 Å². The topological polar surface area (TPSA) is 34.9 Å². The van der Waals surface area contributed by atoms with Crippen LogP contribution in [0.3, 0.4) is 0 Å². The second-order valence-electron chi connectivity index (χ2n) is 4.20. The molecule has 0 unspecified atom stereocenters. The van der Waals surface area contributed by atoms with Gasteiger partial charge in [0, 0.05) is 12.7 Å².